The van der Waals surface area contributed by atoms with Gasteiger partial charge in [0, 0.05) is 32.3 Å². The molecule has 112 valence electrons. The highest BCUT2D eigenvalue weighted by Gasteiger charge is 2.13. The zero-order valence-electron chi connectivity index (χ0n) is 11.7. The average molecular weight is 298 g/mol. The van der Waals surface area contributed by atoms with E-state index in [2.05, 4.69) is 0 Å². The van der Waals surface area contributed by atoms with Crippen LogP contribution in [0.5, 0.6) is 0 Å². The van der Waals surface area contributed by atoms with Crippen molar-refractivity contribution in [1.29, 1.82) is 0 Å². The Morgan fingerprint density at radius 1 is 1.35 bits per heavy atom. The first-order chi connectivity index (χ1) is 9.58. The molecule has 20 heavy (non-hydrogen) atoms. The third kappa shape index (κ3) is 5.52. The number of thiocarbonyl (C=S) groups is 1. The zero-order chi connectivity index (χ0) is 15.0. The van der Waals surface area contributed by atoms with Gasteiger partial charge in [-0.2, -0.15) is 0 Å². The SMILES string of the molecule is COCCN(CCO)CC(O)c1ccc(C(N)=S)cc1. The summed E-state index contributed by atoms with van der Waals surface area (Å²) in [6.45, 7) is 2.23. The fraction of sp³-hybridized carbons (Fsp3) is 0.500. The fourth-order valence-corrected chi connectivity index (χ4v) is 2.01. The van der Waals surface area contributed by atoms with Gasteiger partial charge in [0.25, 0.3) is 0 Å². The van der Waals surface area contributed by atoms with Gasteiger partial charge in [0.15, 0.2) is 0 Å². The minimum Gasteiger partial charge on any atom is -0.395 e. The van der Waals surface area contributed by atoms with Gasteiger partial charge >= 0.3 is 0 Å². The van der Waals surface area contributed by atoms with E-state index < -0.39 is 6.10 Å². The lowest BCUT2D eigenvalue weighted by molar-refractivity contribution is 0.0779. The van der Waals surface area contributed by atoms with E-state index in [0.29, 0.717) is 31.2 Å². The monoisotopic (exact) mass is 298 g/mol. The van der Waals surface area contributed by atoms with Crippen LogP contribution in [0.15, 0.2) is 24.3 Å². The summed E-state index contributed by atoms with van der Waals surface area (Å²) >= 11 is 4.89. The number of nitrogens with two attached hydrogens (primary N) is 1. The van der Waals surface area contributed by atoms with Crippen molar-refractivity contribution in [3.63, 3.8) is 0 Å². The number of methoxy groups -OCH3 is 1. The van der Waals surface area contributed by atoms with Crippen LogP contribution in [0, 0.1) is 0 Å². The molecule has 1 rings (SSSR count). The molecule has 0 saturated heterocycles. The van der Waals surface area contributed by atoms with E-state index in [1.54, 1.807) is 19.2 Å². The van der Waals surface area contributed by atoms with Crippen LogP contribution in [0.25, 0.3) is 0 Å². The van der Waals surface area contributed by atoms with Crippen molar-refractivity contribution in [1.82, 2.24) is 4.90 Å². The molecule has 0 aliphatic rings. The summed E-state index contributed by atoms with van der Waals surface area (Å²) in [5.74, 6) is 0. The van der Waals surface area contributed by atoms with Crippen LogP contribution in [-0.4, -0.2) is 60.1 Å². The minimum absolute atomic E-state index is 0.0524. The lowest BCUT2D eigenvalue weighted by Gasteiger charge is -2.24. The van der Waals surface area contributed by atoms with Crippen molar-refractivity contribution in [2.24, 2.45) is 5.73 Å². The molecule has 6 heteroatoms. The summed E-state index contributed by atoms with van der Waals surface area (Å²) in [5, 5.41) is 19.2. The molecule has 4 N–H and O–H groups in total. The van der Waals surface area contributed by atoms with Crippen LogP contribution >= 0.6 is 12.2 Å². The first kappa shape index (κ1) is 17.0. The van der Waals surface area contributed by atoms with Crippen molar-refractivity contribution in [3.05, 3.63) is 35.4 Å². The molecule has 0 spiro atoms. The van der Waals surface area contributed by atoms with Crippen LogP contribution in [0.2, 0.25) is 0 Å². The molecule has 0 aliphatic heterocycles. The molecule has 1 aromatic rings. The van der Waals surface area contributed by atoms with Gasteiger partial charge in [-0.1, -0.05) is 36.5 Å². The lowest BCUT2D eigenvalue weighted by Crippen LogP contribution is -2.34. The number of ether oxygens (including phenoxy) is 1. The van der Waals surface area contributed by atoms with E-state index in [0.717, 1.165) is 11.1 Å². The maximum absolute atomic E-state index is 10.2. The van der Waals surface area contributed by atoms with Gasteiger partial charge < -0.3 is 20.7 Å². The maximum Gasteiger partial charge on any atom is 0.103 e. The molecule has 0 saturated carbocycles. The van der Waals surface area contributed by atoms with Gasteiger partial charge in [-0.15, -0.1) is 0 Å². The van der Waals surface area contributed by atoms with Crippen molar-refractivity contribution in [2.75, 3.05) is 40.0 Å². The summed E-state index contributed by atoms with van der Waals surface area (Å²) in [5.41, 5.74) is 7.11. The normalized spacial score (nSPS) is 12.6. The molecule has 0 aliphatic carbocycles. The Labute approximate surface area is 125 Å². The number of aliphatic hydroxyl groups excluding tert-OH is 2. The van der Waals surface area contributed by atoms with Gasteiger partial charge in [0.05, 0.1) is 19.3 Å². The molecule has 0 bridgehead atoms. The molecular weight excluding hydrogens is 276 g/mol. The highest BCUT2D eigenvalue weighted by atomic mass is 32.1. The van der Waals surface area contributed by atoms with E-state index in [1.807, 2.05) is 17.0 Å². The first-order valence-corrected chi connectivity index (χ1v) is 6.89. The van der Waals surface area contributed by atoms with Crippen molar-refractivity contribution in [2.45, 2.75) is 6.10 Å². The molecule has 5 nitrogen and oxygen atoms in total. The zero-order valence-corrected chi connectivity index (χ0v) is 12.5. The molecule has 0 heterocycles. The third-order valence-corrected chi connectivity index (χ3v) is 3.27. The van der Waals surface area contributed by atoms with Gasteiger partial charge in [-0.3, -0.25) is 4.90 Å². The Balaban J connectivity index is 2.62. The van der Waals surface area contributed by atoms with Crippen LogP contribution in [0.3, 0.4) is 0 Å². The predicted octanol–water partition coefficient (Wildman–Crippen LogP) is 0.295. The smallest absolute Gasteiger partial charge is 0.103 e. The number of rotatable bonds is 9. The highest BCUT2D eigenvalue weighted by Crippen LogP contribution is 2.15. The Bertz CT molecular complexity index is 411. The number of nitrogens with zero attached hydrogens (tertiary/aromatic N) is 1. The highest BCUT2D eigenvalue weighted by molar-refractivity contribution is 7.80. The minimum atomic E-state index is -0.626. The second-order valence-electron chi connectivity index (χ2n) is 4.52. The van der Waals surface area contributed by atoms with Crippen LogP contribution in [0.1, 0.15) is 17.2 Å². The van der Waals surface area contributed by atoms with Gasteiger partial charge in [-0.05, 0) is 5.56 Å². The van der Waals surface area contributed by atoms with Crippen molar-refractivity contribution < 1.29 is 14.9 Å². The first-order valence-electron chi connectivity index (χ1n) is 6.48. The molecule has 1 aromatic carbocycles. The molecule has 0 aromatic heterocycles. The van der Waals surface area contributed by atoms with Crippen molar-refractivity contribution in [3.8, 4) is 0 Å². The standard InChI is InChI=1S/C14H22N2O3S/c1-19-9-7-16(6-8-17)10-13(18)11-2-4-12(5-3-11)14(15)20/h2-5,13,17-18H,6-10H2,1H3,(H2,15,20). The molecule has 1 unspecified atom stereocenters. The Morgan fingerprint density at radius 2 is 2.00 bits per heavy atom. The van der Waals surface area contributed by atoms with Gasteiger partial charge in [0.2, 0.25) is 0 Å². The third-order valence-electron chi connectivity index (χ3n) is 3.04. The van der Waals surface area contributed by atoms with Crippen LogP contribution in [0.4, 0.5) is 0 Å². The van der Waals surface area contributed by atoms with Gasteiger partial charge in [-0.25, -0.2) is 0 Å². The van der Waals surface area contributed by atoms with Crippen LogP contribution in [-0.2, 0) is 4.74 Å². The number of hydrogen-bond acceptors (Lipinski definition) is 5. The van der Waals surface area contributed by atoms with E-state index in [4.69, 9.17) is 27.8 Å². The number of benzene rings is 1. The Kier molecular flexibility index (Phi) is 7.64. The summed E-state index contributed by atoms with van der Waals surface area (Å²) in [6.07, 6.45) is -0.626. The summed E-state index contributed by atoms with van der Waals surface area (Å²) in [7, 11) is 1.63. The molecule has 0 radical (unpaired) electrons. The van der Waals surface area contributed by atoms with E-state index in [9.17, 15) is 5.11 Å². The molecular formula is C14H22N2O3S. The second-order valence-corrected chi connectivity index (χ2v) is 4.96. The van der Waals surface area contributed by atoms with E-state index in [1.165, 1.54) is 0 Å². The molecule has 0 amide bonds. The Morgan fingerprint density at radius 3 is 2.50 bits per heavy atom. The summed E-state index contributed by atoms with van der Waals surface area (Å²) in [4.78, 5) is 2.29. The summed E-state index contributed by atoms with van der Waals surface area (Å²) < 4.78 is 5.01. The predicted molar refractivity (Wildman–Crippen MR) is 82.7 cm³/mol. The molecule has 1 atom stereocenters. The number of aliphatic hydroxyl groups is 2. The van der Waals surface area contributed by atoms with Gasteiger partial charge in [0.1, 0.15) is 4.99 Å². The fourth-order valence-electron chi connectivity index (χ4n) is 1.88. The lowest BCUT2D eigenvalue weighted by atomic mass is 10.1. The average Bonchev–Trinajstić information content (AvgIpc) is 2.45. The van der Waals surface area contributed by atoms with E-state index in [-0.39, 0.29) is 6.61 Å². The largest absolute Gasteiger partial charge is 0.395 e. The maximum atomic E-state index is 10.2. The van der Waals surface area contributed by atoms with Crippen molar-refractivity contribution >= 4 is 17.2 Å². The second kappa shape index (κ2) is 8.99. The quantitative estimate of drug-likeness (QED) is 0.569. The summed E-state index contributed by atoms with van der Waals surface area (Å²) in [6, 6.07) is 7.22. The Hall–Kier alpha value is -1.05. The molecule has 0 fully saturated rings. The van der Waals surface area contributed by atoms with Crippen LogP contribution < -0.4 is 5.73 Å². The van der Waals surface area contributed by atoms with E-state index >= 15 is 0 Å². The number of hydrogen-bond donors (Lipinski definition) is 3. The topological polar surface area (TPSA) is 79.0 Å².